The first kappa shape index (κ1) is 15.1. The number of amides is 1. The van der Waals surface area contributed by atoms with Gasteiger partial charge in [0, 0.05) is 6.54 Å². The third kappa shape index (κ3) is 3.52. The summed E-state index contributed by atoms with van der Waals surface area (Å²) in [5.41, 5.74) is 0. The first-order valence-corrected chi connectivity index (χ1v) is 9.22. The highest BCUT2D eigenvalue weighted by molar-refractivity contribution is 7.91. The fraction of sp³-hybridized carbons (Fsp3) is 0.533. The van der Waals surface area contributed by atoms with E-state index in [-0.39, 0.29) is 29.9 Å². The summed E-state index contributed by atoms with van der Waals surface area (Å²) >= 11 is 0. The van der Waals surface area contributed by atoms with Crippen LogP contribution in [0.25, 0.3) is 0 Å². The van der Waals surface area contributed by atoms with Crippen LogP contribution < -0.4 is 14.8 Å². The van der Waals surface area contributed by atoms with Crippen LogP contribution in [-0.4, -0.2) is 45.1 Å². The van der Waals surface area contributed by atoms with Crippen LogP contribution in [0.1, 0.15) is 12.8 Å². The van der Waals surface area contributed by atoms with Crippen LogP contribution in [0.4, 0.5) is 0 Å². The highest BCUT2D eigenvalue weighted by atomic mass is 32.2. The lowest BCUT2D eigenvalue weighted by molar-refractivity contribution is -0.130. The molecule has 0 radical (unpaired) electrons. The minimum atomic E-state index is -2.87. The minimum absolute atomic E-state index is 0.182. The molecule has 120 valence electrons. The molecule has 0 aromatic heterocycles. The van der Waals surface area contributed by atoms with Crippen molar-refractivity contribution in [3.05, 3.63) is 24.3 Å². The van der Waals surface area contributed by atoms with Crippen molar-refractivity contribution in [1.29, 1.82) is 0 Å². The molecule has 0 spiro atoms. The Labute approximate surface area is 129 Å². The number of nitrogens with one attached hydrogen (secondary N) is 1. The van der Waals surface area contributed by atoms with Crippen LogP contribution >= 0.6 is 0 Å². The molecule has 22 heavy (non-hydrogen) atoms. The molecule has 1 amide bonds. The van der Waals surface area contributed by atoms with Gasteiger partial charge in [-0.25, -0.2) is 8.42 Å². The van der Waals surface area contributed by atoms with Gasteiger partial charge in [-0.05, 0) is 30.9 Å². The highest BCUT2D eigenvalue weighted by Crippen LogP contribution is 2.30. The molecule has 1 fully saturated rings. The zero-order valence-electron chi connectivity index (χ0n) is 12.2. The Hall–Kier alpha value is -1.76. The van der Waals surface area contributed by atoms with E-state index in [0.717, 1.165) is 0 Å². The molecule has 2 heterocycles. The van der Waals surface area contributed by atoms with Crippen LogP contribution in [0.2, 0.25) is 0 Å². The van der Waals surface area contributed by atoms with Crippen LogP contribution in [-0.2, 0) is 14.6 Å². The van der Waals surface area contributed by atoms with E-state index < -0.39 is 15.9 Å². The first-order chi connectivity index (χ1) is 10.5. The summed E-state index contributed by atoms with van der Waals surface area (Å²) in [6.45, 7) is 0.664. The number of carbonyl (C=O) groups is 1. The van der Waals surface area contributed by atoms with Crippen molar-refractivity contribution in [1.82, 2.24) is 5.32 Å². The maximum absolute atomic E-state index is 12.1. The number of hydrogen-bond acceptors (Lipinski definition) is 5. The maximum Gasteiger partial charge on any atom is 0.264 e. The van der Waals surface area contributed by atoms with E-state index in [1.165, 1.54) is 0 Å². The molecule has 3 rings (SSSR count). The van der Waals surface area contributed by atoms with Gasteiger partial charge in [-0.3, -0.25) is 4.79 Å². The van der Waals surface area contributed by atoms with E-state index in [1.54, 1.807) is 12.1 Å². The molecular formula is C15H19NO5S. The summed E-state index contributed by atoms with van der Waals surface area (Å²) in [5, 5.41) is 2.84. The second-order valence-electron chi connectivity index (χ2n) is 5.70. The summed E-state index contributed by atoms with van der Waals surface area (Å²) in [5.74, 6) is 1.63. The number of rotatable bonds is 3. The van der Waals surface area contributed by atoms with Gasteiger partial charge in [-0.1, -0.05) is 12.1 Å². The standard InChI is InChI=1S/C15H19NO5S/c17-15(16-9-11-5-7-22(18,19)8-6-11)14-10-20-12-3-1-2-4-13(12)21-14/h1-4,11,14H,5-10H2,(H,16,17)/t14-/m0/s1. The summed E-state index contributed by atoms with van der Waals surface area (Å²) in [6, 6.07) is 7.23. The first-order valence-electron chi connectivity index (χ1n) is 7.40. The number of ether oxygens (including phenoxy) is 2. The van der Waals surface area contributed by atoms with Crippen molar-refractivity contribution in [3.63, 3.8) is 0 Å². The van der Waals surface area contributed by atoms with Crippen molar-refractivity contribution < 1.29 is 22.7 Å². The molecule has 1 aromatic rings. The topological polar surface area (TPSA) is 81.7 Å². The third-order valence-electron chi connectivity index (χ3n) is 4.04. The average Bonchev–Trinajstić information content (AvgIpc) is 2.53. The molecule has 2 aliphatic heterocycles. The summed E-state index contributed by atoms with van der Waals surface area (Å²) in [6.07, 6.45) is 0.545. The quantitative estimate of drug-likeness (QED) is 0.887. The predicted octanol–water partition coefficient (Wildman–Crippen LogP) is 0.767. The Morgan fingerprint density at radius 3 is 2.59 bits per heavy atom. The monoisotopic (exact) mass is 325 g/mol. The van der Waals surface area contributed by atoms with Gasteiger partial charge in [0.2, 0.25) is 6.10 Å². The molecule has 0 aliphatic carbocycles. The van der Waals surface area contributed by atoms with Gasteiger partial charge < -0.3 is 14.8 Å². The Balaban J connectivity index is 1.49. The van der Waals surface area contributed by atoms with Gasteiger partial charge >= 0.3 is 0 Å². The van der Waals surface area contributed by atoms with Crippen molar-refractivity contribution >= 4 is 15.7 Å². The summed E-state index contributed by atoms with van der Waals surface area (Å²) in [4.78, 5) is 12.1. The van der Waals surface area contributed by atoms with Crippen LogP contribution in [0.5, 0.6) is 11.5 Å². The lowest BCUT2D eigenvalue weighted by Gasteiger charge is -2.27. The number of hydrogen-bond donors (Lipinski definition) is 1. The number of benzene rings is 1. The molecular weight excluding hydrogens is 306 g/mol. The van der Waals surface area contributed by atoms with Crippen molar-refractivity contribution in [2.45, 2.75) is 18.9 Å². The Bertz CT molecular complexity index is 644. The van der Waals surface area contributed by atoms with Crippen LogP contribution in [0.15, 0.2) is 24.3 Å². The van der Waals surface area contributed by atoms with E-state index >= 15 is 0 Å². The second-order valence-corrected chi connectivity index (χ2v) is 8.01. The molecule has 1 atom stereocenters. The largest absolute Gasteiger partial charge is 0.485 e. The van der Waals surface area contributed by atoms with Gasteiger partial charge in [0.05, 0.1) is 11.5 Å². The minimum Gasteiger partial charge on any atom is -0.485 e. The molecule has 2 aliphatic rings. The van der Waals surface area contributed by atoms with E-state index in [1.807, 2.05) is 12.1 Å². The summed E-state index contributed by atoms with van der Waals surface area (Å²) < 4.78 is 33.9. The molecule has 1 N–H and O–H groups in total. The average molecular weight is 325 g/mol. The van der Waals surface area contributed by atoms with Crippen molar-refractivity contribution in [3.8, 4) is 11.5 Å². The maximum atomic E-state index is 12.1. The SMILES string of the molecule is O=C(NCC1CCS(=O)(=O)CC1)[C@@H]1COc2ccccc2O1. The molecule has 1 aromatic carbocycles. The number of sulfone groups is 1. The van der Waals surface area contributed by atoms with E-state index in [9.17, 15) is 13.2 Å². The third-order valence-corrected chi connectivity index (χ3v) is 5.76. The Kier molecular flexibility index (Phi) is 4.24. The fourth-order valence-electron chi connectivity index (χ4n) is 2.65. The smallest absolute Gasteiger partial charge is 0.264 e. The molecule has 6 nitrogen and oxygen atoms in total. The van der Waals surface area contributed by atoms with Crippen LogP contribution in [0.3, 0.4) is 0 Å². The number of carbonyl (C=O) groups excluding carboxylic acids is 1. The number of para-hydroxylation sites is 2. The van der Waals surface area contributed by atoms with E-state index in [2.05, 4.69) is 5.32 Å². The Morgan fingerprint density at radius 1 is 1.18 bits per heavy atom. The van der Waals surface area contributed by atoms with Gasteiger partial charge in [-0.15, -0.1) is 0 Å². The summed E-state index contributed by atoms with van der Waals surface area (Å²) in [7, 11) is -2.87. The zero-order valence-corrected chi connectivity index (χ0v) is 13.0. The fourth-order valence-corrected chi connectivity index (χ4v) is 4.24. The zero-order chi connectivity index (χ0) is 15.6. The lowest BCUT2D eigenvalue weighted by Crippen LogP contribution is -2.45. The van der Waals surface area contributed by atoms with Gasteiger partial charge in [0.1, 0.15) is 16.4 Å². The van der Waals surface area contributed by atoms with Crippen molar-refractivity contribution in [2.75, 3.05) is 24.7 Å². The van der Waals surface area contributed by atoms with Crippen molar-refractivity contribution in [2.24, 2.45) is 5.92 Å². The van der Waals surface area contributed by atoms with E-state index in [0.29, 0.717) is 30.9 Å². The normalized spacial score (nSPS) is 23.7. The molecule has 7 heteroatoms. The molecule has 0 unspecified atom stereocenters. The number of fused-ring (bicyclic) bond motifs is 1. The molecule has 1 saturated heterocycles. The van der Waals surface area contributed by atoms with Crippen LogP contribution in [0, 0.1) is 5.92 Å². The van der Waals surface area contributed by atoms with E-state index in [4.69, 9.17) is 9.47 Å². The second kappa shape index (κ2) is 6.16. The lowest BCUT2D eigenvalue weighted by atomic mass is 10.0. The Morgan fingerprint density at radius 2 is 1.86 bits per heavy atom. The van der Waals surface area contributed by atoms with Gasteiger partial charge in [-0.2, -0.15) is 0 Å². The predicted molar refractivity (Wildman–Crippen MR) is 80.7 cm³/mol. The van der Waals surface area contributed by atoms with Gasteiger partial charge in [0.25, 0.3) is 5.91 Å². The van der Waals surface area contributed by atoms with Gasteiger partial charge in [0.15, 0.2) is 11.5 Å². The highest BCUT2D eigenvalue weighted by Gasteiger charge is 2.29. The molecule has 0 bridgehead atoms. The molecule has 0 saturated carbocycles.